The highest BCUT2D eigenvalue weighted by atomic mass is 16.5. The maximum Gasteiger partial charge on any atom is 0.257 e. The van der Waals surface area contributed by atoms with Crippen LogP contribution >= 0.6 is 0 Å². The van der Waals surface area contributed by atoms with Gasteiger partial charge in [-0.3, -0.25) is 9.59 Å². The van der Waals surface area contributed by atoms with Crippen molar-refractivity contribution in [2.45, 2.75) is 32.5 Å². The summed E-state index contributed by atoms with van der Waals surface area (Å²) in [6.45, 7) is 4.37. The number of likely N-dealkylation sites (N-methyl/N-ethyl adjacent to an activating group) is 1. The minimum absolute atomic E-state index is 0.107. The van der Waals surface area contributed by atoms with Crippen molar-refractivity contribution in [2.75, 3.05) is 19.0 Å². The van der Waals surface area contributed by atoms with Crippen molar-refractivity contribution in [1.82, 2.24) is 14.7 Å². The van der Waals surface area contributed by atoms with E-state index < -0.39 is 12.1 Å². The zero-order chi connectivity index (χ0) is 18.0. The Hall–Kier alpha value is -2.67. The molecule has 7 heteroatoms. The molecule has 3 rings (SSSR count). The average Bonchev–Trinajstić information content (AvgIpc) is 2.97. The molecule has 132 valence electrons. The van der Waals surface area contributed by atoms with Crippen molar-refractivity contribution in [2.24, 2.45) is 0 Å². The molecule has 0 aliphatic carbocycles. The van der Waals surface area contributed by atoms with Crippen LogP contribution in [0.2, 0.25) is 0 Å². The summed E-state index contributed by atoms with van der Waals surface area (Å²) < 4.78 is 7.33. The third-order valence-corrected chi connectivity index (χ3v) is 4.34. The van der Waals surface area contributed by atoms with Crippen LogP contribution in [0, 0.1) is 6.92 Å². The van der Waals surface area contributed by atoms with E-state index in [0.717, 1.165) is 11.3 Å². The minimum Gasteiger partial charge on any atom is -0.356 e. The Morgan fingerprint density at radius 2 is 2.08 bits per heavy atom. The standard InChI is InChI=1S/C18H22N4O3/c1-4-22-14(10-12(2)20-22)19-18(24)17-16(13-8-6-5-7-9-13)21(3)15(23)11-25-17/h5-10,16-17H,4,11H2,1-3H3,(H,19,24)/t16-,17-/m1/s1. The first-order chi connectivity index (χ1) is 12.0. The van der Waals surface area contributed by atoms with Gasteiger partial charge in [0.15, 0.2) is 6.10 Å². The smallest absolute Gasteiger partial charge is 0.257 e. The van der Waals surface area contributed by atoms with Gasteiger partial charge in [0.2, 0.25) is 5.91 Å². The Bertz CT molecular complexity index is 772. The largest absolute Gasteiger partial charge is 0.356 e. The fourth-order valence-electron chi connectivity index (χ4n) is 3.06. The third kappa shape index (κ3) is 3.41. The fourth-order valence-corrected chi connectivity index (χ4v) is 3.06. The van der Waals surface area contributed by atoms with Gasteiger partial charge in [-0.2, -0.15) is 5.10 Å². The summed E-state index contributed by atoms with van der Waals surface area (Å²) in [6.07, 6.45) is -0.786. The van der Waals surface area contributed by atoms with Gasteiger partial charge in [-0.25, -0.2) is 4.68 Å². The first-order valence-electron chi connectivity index (χ1n) is 8.28. The number of morpholine rings is 1. The van der Waals surface area contributed by atoms with E-state index in [1.165, 1.54) is 0 Å². The number of carbonyl (C=O) groups is 2. The number of nitrogens with zero attached hydrogens (tertiary/aromatic N) is 3. The summed E-state index contributed by atoms with van der Waals surface area (Å²) >= 11 is 0. The highest BCUT2D eigenvalue weighted by Gasteiger charge is 2.40. The number of rotatable bonds is 4. The van der Waals surface area contributed by atoms with Gasteiger partial charge in [0, 0.05) is 19.7 Å². The van der Waals surface area contributed by atoms with Crippen LogP contribution in [0.1, 0.15) is 24.2 Å². The zero-order valence-electron chi connectivity index (χ0n) is 14.6. The fraction of sp³-hybridized carbons (Fsp3) is 0.389. The molecular formula is C18H22N4O3. The molecule has 0 radical (unpaired) electrons. The number of hydrogen-bond donors (Lipinski definition) is 1. The molecule has 1 fully saturated rings. The lowest BCUT2D eigenvalue weighted by Crippen LogP contribution is -2.51. The van der Waals surface area contributed by atoms with Crippen LogP contribution in [-0.2, 0) is 20.9 Å². The maximum atomic E-state index is 12.9. The summed E-state index contributed by atoms with van der Waals surface area (Å²) in [6, 6.07) is 10.8. The molecule has 25 heavy (non-hydrogen) atoms. The molecule has 1 aromatic carbocycles. The van der Waals surface area contributed by atoms with Gasteiger partial charge in [-0.1, -0.05) is 30.3 Å². The van der Waals surface area contributed by atoms with Gasteiger partial charge < -0.3 is 15.0 Å². The van der Waals surface area contributed by atoms with E-state index in [-0.39, 0.29) is 18.4 Å². The third-order valence-electron chi connectivity index (χ3n) is 4.34. The molecule has 2 aromatic rings. The van der Waals surface area contributed by atoms with Gasteiger partial charge in [0.25, 0.3) is 5.91 Å². The molecule has 2 atom stereocenters. The maximum absolute atomic E-state index is 12.9. The molecule has 0 unspecified atom stereocenters. The predicted molar refractivity (Wildman–Crippen MR) is 93.0 cm³/mol. The quantitative estimate of drug-likeness (QED) is 0.918. The van der Waals surface area contributed by atoms with E-state index in [0.29, 0.717) is 12.4 Å². The lowest BCUT2D eigenvalue weighted by Gasteiger charge is -2.38. The molecule has 1 aliphatic rings. The predicted octanol–water partition coefficient (Wildman–Crippen LogP) is 1.75. The van der Waals surface area contributed by atoms with E-state index in [4.69, 9.17) is 4.74 Å². The van der Waals surface area contributed by atoms with Gasteiger partial charge in [0.1, 0.15) is 12.4 Å². The Morgan fingerprint density at radius 3 is 2.76 bits per heavy atom. The Kier molecular flexibility index (Phi) is 4.85. The van der Waals surface area contributed by atoms with Gasteiger partial charge in [0.05, 0.1) is 11.7 Å². The van der Waals surface area contributed by atoms with Crippen LogP contribution in [0.4, 0.5) is 5.82 Å². The number of hydrogen-bond acceptors (Lipinski definition) is 4. The number of ether oxygens (including phenoxy) is 1. The van der Waals surface area contributed by atoms with Crippen LogP contribution < -0.4 is 5.32 Å². The van der Waals surface area contributed by atoms with Crippen LogP contribution in [0.15, 0.2) is 36.4 Å². The van der Waals surface area contributed by atoms with Crippen LogP contribution in [0.25, 0.3) is 0 Å². The van der Waals surface area contributed by atoms with E-state index in [2.05, 4.69) is 10.4 Å². The van der Waals surface area contributed by atoms with Crippen molar-refractivity contribution in [3.63, 3.8) is 0 Å². The second-order valence-corrected chi connectivity index (χ2v) is 6.07. The number of aromatic nitrogens is 2. The van der Waals surface area contributed by atoms with Gasteiger partial charge in [-0.05, 0) is 19.4 Å². The SMILES string of the molecule is CCn1nc(C)cc1NC(=O)[C@@H]1OCC(=O)N(C)[C@@H]1c1ccccc1. The number of benzene rings is 1. The molecular weight excluding hydrogens is 320 g/mol. The average molecular weight is 342 g/mol. The summed E-state index contributed by atoms with van der Waals surface area (Å²) in [5.41, 5.74) is 1.69. The highest BCUT2D eigenvalue weighted by Crippen LogP contribution is 2.29. The van der Waals surface area contributed by atoms with Crippen LogP contribution in [0.5, 0.6) is 0 Å². The number of aryl methyl sites for hydroxylation is 2. The normalized spacial score (nSPS) is 20.6. The molecule has 7 nitrogen and oxygen atoms in total. The molecule has 0 spiro atoms. The van der Waals surface area contributed by atoms with E-state index >= 15 is 0 Å². The first-order valence-corrected chi connectivity index (χ1v) is 8.28. The topological polar surface area (TPSA) is 76.5 Å². The molecule has 2 heterocycles. The van der Waals surface area contributed by atoms with Crippen LogP contribution in [-0.4, -0.2) is 46.3 Å². The Morgan fingerprint density at radius 1 is 1.36 bits per heavy atom. The van der Waals surface area contributed by atoms with Crippen molar-refractivity contribution in [3.8, 4) is 0 Å². The molecule has 0 saturated carbocycles. The zero-order valence-corrected chi connectivity index (χ0v) is 14.6. The molecule has 1 saturated heterocycles. The summed E-state index contributed by atoms with van der Waals surface area (Å²) in [5.74, 6) is 0.190. The van der Waals surface area contributed by atoms with Crippen LogP contribution in [0.3, 0.4) is 0 Å². The second kappa shape index (κ2) is 7.06. The minimum atomic E-state index is -0.786. The van der Waals surface area contributed by atoms with Crippen molar-refractivity contribution < 1.29 is 14.3 Å². The summed E-state index contributed by atoms with van der Waals surface area (Å²) in [5, 5.41) is 7.21. The Balaban J connectivity index is 1.87. The summed E-state index contributed by atoms with van der Waals surface area (Å²) in [7, 11) is 1.70. The number of carbonyl (C=O) groups excluding carboxylic acids is 2. The van der Waals surface area contributed by atoms with Crippen molar-refractivity contribution in [3.05, 3.63) is 47.7 Å². The molecule has 1 aromatic heterocycles. The second-order valence-electron chi connectivity index (χ2n) is 6.07. The van der Waals surface area contributed by atoms with Gasteiger partial charge >= 0.3 is 0 Å². The van der Waals surface area contributed by atoms with Gasteiger partial charge in [-0.15, -0.1) is 0 Å². The van der Waals surface area contributed by atoms with E-state index in [1.807, 2.05) is 50.2 Å². The first kappa shape index (κ1) is 17.2. The number of nitrogens with one attached hydrogen (secondary N) is 1. The van der Waals surface area contributed by atoms with Crippen molar-refractivity contribution >= 4 is 17.6 Å². The molecule has 1 N–H and O–H groups in total. The Labute approximate surface area is 146 Å². The molecule has 1 aliphatic heterocycles. The van der Waals surface area contributed by atoms with E-state index in [1.54, 1.807) is 16.6 Å². The summed E-state index contributed by atoms with van der Waals surface area (Å²) in [4.78, 5) is 26.5. The molecule has 0 bridgehead atoms. The number of anilines is 1. The lowest BCUT2D eigenvalue weighted by molar-refractivity contribution is -0.160. The monoisotopic (exact) mass is 342 g/mol. The highest BCUT2D eigenvalue weighted by molar-refractivity contribution is 5.95. The van der Waals surface area contributed by atoms with E-state index in [9.17, 15) is 9.59 Å². The number of amides is 2. The molecule has 2 amide bonds. The lowest BCUT2D eigenvalue weighted by atomic mass is 9.97. The van der Waals surface area contributed by atoms with Crippen molar-refractivity contribution in [1.29, 1.82) is 0 Å².